The minimum atomic E-state index is -6.42. The van der Waals surface area contributed by atoms with Crippen LogP contribution < -0.4 is 10.6 Å². The third kappa shape index (κ3) is 5.20. The minimum Gasteiger partial charge on any atom is -0.346 e. The van der Waals surface area contributed by atoms with Crippen LogP contribution in [0.25, 0.3) is 0 Å². The molecule has 0 spiro atoms. The molecule has 1 aliphatic rings. The highest BCUT2D eigenvalue weighted by Crippen LogP contribution is 2.50. The number of aromatic nitrogens is 1. The van der Waals surface area contributed by atoms with Crippen LogP contribution in [0, 0.1) is 0 Å². The Hall–Kier alpha value is -3.04. The summed E-state index contributed by atoms with van der Waals surface area (Å²) in [6.07, 6.45) is -18.1. The first-order valence-corrected chi connectivity index (χ1v) is 10.2. The molecular weight excluding hydrogens is 559 g/mol. The number of aryl methyl sites for hydroxylation is 1. The summed E-state index contributed by atoms with van der Waals surface area (Å²) >= 11 is 5.82. The van der Waals surface area contributed by atoms with Gasteiger partial charge in [-0.3, -0.25) is 9.59 Å². The van der Waals surface area contributed by atoms with E-state index in [0.717, 1.165) is 12.1 Å². The molecule has 0 unspecified atom stereocenters. The van der Waals surface area contributed by atoms with Crippen molar-refractivity contribution in [3.05, 3.63) is 51.8 Å². The maximum Gasteiger partial charge on any atom is 0.458 e. The Labute approximate surface area is 204 Å². The van der Waals surface area contributed by atoms with Crippen LogP contribution in [0.3, 0.4) is 0 Å². The molecule has 2 amide bonds. The van der Waals surface area contributed by atoms with Crippen molar-refractivity contribution in [3.8, 4) is 0 Å². The SMILES string of the molecule is Cn1cc(C(F)(F)C(F)(F)F)c(C(F)(F)F)c1C(=O)Nc1ccc(Cl)c(C(=O)NC2(C(F)(F)F)CC2)c1. The fourth-order valence-electron chi connectivity index (χ4n) is 3.43. The molecule has 2 aromatic rings. The molecule has 0 atom stereocenters. The number of carbonyl (C=O) groups excluding carboxylic acids is 2. The second-order valence-electron chi connectivity index (χ2n) is 8.13. The Bertz CT molecular complexity index is 1240. The summed E-state index contributed by atoms with van der Waals surface area (Å²) in [5, 5.41) is 3.14. The molecule has 17 heteroatoms. The molecule has 2 N–H and O–H groups in total. The lowest BCUT2D eigenvalue weighted by molar-refractivity contribution is -0.291. The monoisotopic (exact) mass is 571 g/mol. The van der Waals surface area contributed by atoms with Crippen molar-refractivity contribution in [2.24, 2.45) is 7.05 Å². The van der Waals surface area contributed by atoms with Crippen LogP contribution in [-0.2, 0) is 19.1 Å². The van der Waals surface area contributed by atoms with Crippen molar-refractivity contribution < 1.29 is 57.9 Å². The Morgan fingerprint density at radius 2 is 1.51 bits per heavy atom. The molecule has 1 saturated carbocycles. The summed E-state index contributed by atoms with van der Waals surface area (Å²) in [5.41, 5.74) is -10.3. The van der Waals surface area contributed by atoms with Crippen molar-refractivity contribution in [1.29, 1.82) is 0 Å². The van der Waals surface area contributed by atoms with Gasteiger partial charge in [0.1, 0.15) is 11.2 Å². The van der Waals surface area contributed by atoms with E-state index in [2.05, 4.69) is 0 Å². The van der Waals surface area contributed by atoms with E-state index in [4.69, 9.17) is 11.6 Å². The standard InChI is InChI=1S/C20H13ClF11N3O2/c1-35-7-10(17(22,23)20(30,31)32)12(18(24,25)26)13(35)15(37)33-8-2-3-11(21)9(6-8)14(36)34-16(4-5-16)19(27,28)29/h2-3,6-7H,4-5H2,1H3,(H,33,37)(H,34,36). The van der Waals surface area contributed by atoms with E-state index in [9.17, 15) is 57.9 Å². The number of hydrogen-bond donors (Lipinski definition) is 2. The Balaban J connectivity index is 1.98. The minimum absolute atomic E-state index is 0.108. The largest absolute Gasteiger partial charge is 0.458 e. The highest BCUT2D eigenvalue weighted by molar-refractivity contribution is 6.34. The highest BCUT2D eigenvalue weighted by Gasteiger charge is 2.64. The number of amides is 2. The number of carbonyl (C=O) groups is 2. The maximum atomic E-state index is 13.8. The normalized spacial score (nSPS) is 15.9. The van der Waals surface area contributed by atoms with Gasteiger partial charge in [-0.05, 0) is 31.0 Å². The maximum absolute atomic E-state index is 13.8. The van der Waals surface area contributed by atoms with Crippen LogP contribution in [0.15, 0.2) is 24.4 Å². The van der Waals surface area contributed by atoms with Gasteiger partial charge in [0.05, 0.1) is 21.7 Å². The lowest BCUT2D eigenvalue weighted by Crippen LogP contribution is -2.47. The van der Waals surface area contributed by atoms with Crippen molar-refractivity contribution in [1.82, 2.24) is 9.88 Å². The lowest BCUT2D eigenvalue weighted by Gasteiger charge is -2.21. The predicted octanol–water partition coefficient (Wildman–Crippen LogP) is 6.43. The van der Waals surface area contributed by atoms with Crippen molar-refractivity contribution >= 4 is 29.1 Å². The molecule has 1 aromatic heterocycles. The van der Waals surface area contributed by atoms with E-state index in [1.807, 2.05) is 0 Å². The summed E-state index contributed by atoms with van der Waals surface area (Å²) in [7, 11) is 0.618. The first kappa shape index (κ1) is 28.5. The van der Waals surface area contributed by atoms with Gasteiger partial charge >= 0.3 is 24.5 Å². The van der Waals surface area contributed by atoms with Gasteiger partial charge in [0.15, 0.2) is 0 Å². The van der Waals surface area contributed by atoms with Gasteiger partial charge in [-0.2, -0.15) is 48.3 Å². The first-order valence-electron chi connectivity index (χ1n) is 9.84. The number of nitrogens with zero attached hydrogens (tertiary/aromatic N) is 1. The van der Waals surface area contributed by atoms with Crippen molar-refractivity contribution in [2.45, 2.75) is 42.8 Å². The van der Waals surface area contributed by atoms with Gasteiger partial charge in [0.25, 0.3) is 11.8 Å². The van der Waals surface area contributed by atoms with E-state index in [1.165, 1.54) is 0 Å². The molecule has 0 bridgehead atoms. The number of nitrogens with one attached hydrogen (secondary N) is 2. The Morgan fingerprint density at radius 1 is 0.946 bits per heavy atom. The second-order valence-corrected chi connectivity index (χ2v) is 8.54. The molecule has 0 aliphatic heterocycles. The molecule has 1 aromatic carbocycles. The molecule has 204 valence electrons. The Kier molecular flexibility index (Phi) is 6.76. The summed E-state index contributed by atoms with van der Waals surface area (Å²) in [6.45, 7) is 0. The Morgan fingerprint density at radius 3 is 1.97 bits per heavy atom. The highest BCUT2D eigenvalue weighted by atomic mass is 35.5. The zero-order chi connectivity index (χ0) is 28.4. The van der Waals surface area contributed by atoms with Crippen LogP contribution in [-0.4, -0.2) is 34.3 Å². The molecule has 3 rings (SSSR count). The van der Waals surface area contributed by atoms with Crippen molar-refractivity contribution in [3.63, 3.8) is 0 Å². The number of benzene rings is 1. The third-order valence-corrected chi connectivity index (χ3v) is 5.82. The van der Waals surface area contributed by atoms with Gasteiger partial charge in [-0.25, -0.2) is 0 Å². The second kappa shape index (κ2) is 8.77. The zero-order valence-corrected chi connectivity index (χ0v) is 18.8. The summed E-state index contributed by atoms with van der Waals surface area (Å²) in [4.78, 5) is 25.0. The fourth-order valence-corrected chi connectivity index (χ4v) is 3.64. The molecular formula is C20H13ClF11N3O2. The van der Waals surface area contributed by atoms with Crippen molar-refractivity contribution in [2.75, 3.05) is 5.32 Å². The predicted molar refractivity (Wildman–Crippen MR) is 105 cm³/mol. The van der Waals surface area contributed by atoms with Gasteiger partial charge in [0.2, 0.25) is 0 Å². The smallest absolute Gasteiger partial charge is 0.346 e. The summed E-state index contributed by atoms with van der Waals surface area (Å²) in [5.74, 6) is -9.11. The van der Waals surface area contributed by atoms with Gasteiger partial charge < -0.3 is 15.2 Å². The van der Waals surface area contributed by atoms with Crippen LogP contribution >= 0.6 is 11.6 Å². The van der Waals surface area contributed by atoms with Gasteiger partial charge in [0, 0.05) is 18.9 Å². The van der Waals surface area contributed by atoms with Crippen LogP contribution in [0.1, 0.15) is 44.8 Å². The van der Waals surface area contributed by atoms with Gasteiger partial charge in [-0.1, -0.05) is 11.6 Å². The lowest BCUT2D eigenvalue weighted by atomic mass is 10.0. The first-order chi connectivity index (χ1) is 16.6. The van der Waals surface area contributed by atoms with E-state index in [1.54, 1.807) is 10.6 Å². The molecule has 0 saturated heterocycles. The van der Waals surface area contributed by atoms with Crippen LogP contribution in [0.2, 0.25) is 5.02 Å². The summed E-state index contributed by atoms with van der Waals surface area (Å²) in [6, 6.07) is 2.51. The number of halogens is 12. The molecule has 1 aliphatic carbocycles. The number of hydrogen-bond acceptors (Lipinski definition) is 2. The molecule has 1 fully saturated rings. The third-order valence-electron chi connectivity index (χ3n) is 5.49. The topological polar surface area (TPSA) is 63.1 Å². The molecule has 1 heterocycles. The fraction of sp³-hybridized carbons (Fsp3) is 0.400. The van der Waals surface area contributed by atoms with Gasteiger partial charge in [-0.15, -0.1) is 0 Å². The van der Waals surface area contributed by atoms with E-state index in [0.29, 0.717) is 13.1 Å². The summed E-state index contributed by atoms with van der Waals surface area (Å²) < 4.78 is 146. The number of rotatable bonds is 5. The number of anilines is 1. The van der Waals surface area contributed by atoms with Crippen LogP contribution in [0.4, 0.5) is 54.0 Å². The van der Waals surface area contributed by atoms with Crippen LogP contribution in [0.5, 0.6) is 0 Å². The molecule has 0 radical (unpaired) electrons. The number of alkyl halides is 11. The zero-order valence-electron chi connectivity index (χ0n) is 18.0. The van der Waals surface area contributed by atoms with E-state index >= 15 is 0 Å². The molecule has 5 nitrogen and oxygen atoms in total. The quantitative estimate of drug-likeness (QED) is 0.407. The van der Waals surface area contributed by atoms with E-state index < -0.39 is 87.7 Å². The molecule has 37 heavy (non-hydrogen) atoms. The van der Waals surface area contributed by atoms with E-state index in [-0.39, 0.29) is 10.8 Å². The average molecular weight is 572 g/mol. The average Bonchev–Trinajstić information content (AvgIpc) is 3.41.